The molecule has 182 valence electrons. The molecule has 0 bridgehead atoms. The Morgan fingerprint density at radius 2 is 2.09 bits per heavy atom. The maximum absolute atomic E-state index is 14.2. The van der Waals surface area contributed by atoms with Gasteiger partial charge in [-0.3, -0.25) is 4.79 Å². The van der Waals surface area contributed by atoms with Crippen molar-refractivity contribution >= 4 is 5.91 Å². The molecule has 1 atom stereocenters. The van der Waals surface area contributed by atoms with Crippen molar-refractivity contribution in [2.75, 3.05) is 20.1 Å². The van der Waals surface area contributed by atoms with Crippen molar-refractivity contribution in [3.8, 4) is 11.3 Å². The van der Waals surface area contributed by atoms with E-state index in [2.05, 4.69) is 29.9 Å². The molecule has 34 heavy (non-hydrogen) atoms. The summed E-state index contributed by atoms with van der Waals surface area (Å²) < 4.78 is 18.9. The van der Waals surface area contributed by atoms with Crippen LogP contribution in [0.25, 0.3) is 11.3 Å². The van der Waals surface area contributed by atoms with Gasteiger partial charge in [-0.15, -0.1) is 0 Å². The second-order valence-electron chi connectivity index (χ2n) is 8.94. The topological polar surface area (TPSA) is 128 Å². The van der Waals surface area contributed by atoms with Crippen LogP contribution in [-0.4, -0.2) is 56.3 Å². The minimum absolute atomic E-state index is 0.0253. The van der Waals surface area contributed by atoms with E-state index >= 15 is 0 Å². The first-order chi connectivity index (χ1) is 16.3. The summed E-state index contributed by atoms with van der Waals surface area (Å²) in [6, 6.07) is 7.52. The minimum atomic E-state index is -2.04. The summed E-state index contributed by atoms with van der Waals surface area (Å²) in [5.41, 5.74) is 1.05. The van der Waals surface area contributed by atoms with E-state index in [9.17, 15) is 19.4 Å². The fourth-order valence-electron chi connectivity index (χ4n) is 4.21. The highest BCUT2D eigenvalue weighted by molar-refractivity contribution is 5.80. The lowest BCUT2D eigenvalue weighted by Gasteiger charge is -2.35. The molecule has 1 aliphatic rings. The lowest BCUT2D eigenvalue weighted by Crippen LogP contribution is -2.52. The Hall–Kier alpha value is -3.08. The number of hydrogen-bond acceptors (Lipinski definition) is 7. The van der Waals surface area contributed by atoms with Crippen molar-refractivity contribution < 1.29 is 23.9 Å². The molecule has 10 heteroatoms. The van der Waals surface area contributed by atoms with Gasteiger partial charge in [0.2, 0.25) is 11.7 Å². The second-order valence-corrected chi connectivity index (χ2v) is 8.94. The summed E-state index contributed by atoms with van der Waals surface area (Å²) in [6.07, 6.45) is 5.57. The number of H-pyrrole nitrogens is 1. The van der Waals surface area contributed by atoms with Crippen LogP contribution < -0.4 is 5.32 Å². The highest BCUT2D eigenvalue weighted by Crippen LogP contribution is 2.27. The number of hydrogen-bond donors (Lipinski definition) is 4. The lowest BCUT2D eigenvalue weighted by molar-refractivity contribution is -0.179. The second kappa shape index (κ2) is 10.5. The van der Waals surface area contributed by atoms with E-state index in [1.807, 2.05) is 7.05 Å². The molecule has 0 unspecified atom stereocenters. The molecule has 1 amide bonds. The van der Waals surface area contributed by atoms with Gasteiger partial charge in [0.1, 0.15) is 23.6 Å². The third-order valence-corrected chi connectivity index (χ3v) is 6.21. The standard InChI is InChI=1S/C24H30FN5O4/c1-30-14-16(15-30)23(31)28-19(9-3-2-6-11-24(32,33)21-10-12-34-29-21)22-26-13-20(27-22)17-7-4-5-8-18(17)25/h4-5,7-8,10,12-13,16,19,32-33H,2-3,6,9,11,14-15H2,1H3,(H,26,27)(H,28,31)/t19-/m0/s1. The molecule has 2 aromatic heterocycles. The quantitative estimate of drug-likeness (QED) is 0.250. The lowest BCUT2D eigenvalue weighted by atomic mass is 9.98. The van der Waals surface area contributed by atoms with Crippen molar-refractivity contribution in [3.63, 3.8) is 0 Å². The summed E-state index contributed by atoms with van der Waals surface area (Å²) in [6.45, 7) is 1.43. The number of nitrogens with one attached hydrogen (secondary N) is 2. The van der Waals surface area contributed by atoms with Crippen molar-refractivity contribution in [2.45, 2.75) is 43.9 Å². The molecule has 0 aliphatic carbocycles. The smallest absolute Gasteiger partial charge is 0.226 e. The molecule has 1 saturated heterocycles. The zero-order chi connectivity index (χ0) is 24.1. The number of benzene rings is 1. The number of aromatic amines is 1. The van der Waals surface area contributed by atoms with Gasteiger partial charge >= 0.3 is 0 Å². The van der Waals surface area contributed by atoms with E-state index in [-0.39, 0.29) is 35.8 Å². The summed E-state index contributed by atoms with van der Waals surface area (Å²) in [5, 5.41) is 27.0. The molecule has 3 heterocycles. The summed E-state index contributed by atoms with van der Waals surface area (Å²) in [5.74, 6) is -1.89. The van der Waals surface area contributed by atoms with Gasteiger partial charge < -0.3 is 29.9 Å². The number of aromatic nitrogens is 3. The van der Waals surface area contributed by atoms with Gasteiger partial charge in [0.05, 0.1) is 23.9 Å². The molecule has 1 fully saturated rings. The molecule has 1 aromatic carbocycles. The summed E-state index contributed by atoms with van der Waals surface area (Å²) >= 11 is 0. The maximum Gasteiger partial charge on any atom is 0.226 e. The average Bonchev–Trinajstić information content (AvgIpc) is 3.49. The number of rotatable bonds is 11. The Bertz CT molecular complexity index is 1080. The fraction of sp³-hybridized carbons (Fsp3) is 0.458. The van der Waals surface area contributed by atoms with Crippen molar-refractivity contribution in [1.29, 1.82) is 0 Å². The number of carbonyl (C=O) groups excluding carboxylic acids is 1. The largest absolute Gasteiger partial charge is 0.364 e. The summed E-state index contributed by atoms with van der Waals surface area (Å²) in [7, 11) is 1.97. The van der Waals surface area contributed by atoms with Gasteiger partial charge in [0.25, 0.3) is 0 Å². The third kappa shape index (κ3) is 5.69. The van der Waals surface area contributed by atoms with Gasteiger partial charge in [-0.25, -0.2) is 9.37 Å². The number of carbonyl (C=O) groups is 1. The number of amides is 1. The Labute approximate surface area is 197 Å². The molecule has 4 N–H and O–H groups in total. The van der Waals surface area contributed by atoms with Crippen molar-refractivity contribution in [1.82, 2.24) is 25.3 Å². The van der Waals surface area contributed by atoms with Gasteiger partial charge in [0.15, 0.2) is 0 Å². The zero-order valence-corrected chi connectivity index (χ0v) is 19.1. The Balaban J connectivity index is 1.37. The van der Waals surface area contributed by atoms with Gasteiger partial charge in [-0.05, 0) is 32.0 Å². The van der Waals surface area contributed by atoms with Crippen LogP contribution in [0, 0.1) is 11.7 Å². The highest BCUT2D eigenvalue weighted by Gasteiger charge is 2.32. The van der Waals surface area contributed by atoms with E-state index < -0.39 is 5.79 Å². The normalized spacial score (nSPS) is 15.8. The molecule has 1 aliphatic heterocycles. The van der Waals surface area contributed by atoms with Crippen LogP contribution in [0.4, 0.5) is 4.39 Å². The number of halogens is 1. The van der Waals surface area contributed by atoms with Crippen LogP contribution in [0.3, 0.4) is 0 Å². The van der Waals surface area contributed by atoms with Crippen LogP contribution >= 0.6 is 0 Å². The molecular weight excluding hydrogens is 441 g/mol. The number of aliphatic hydroxyl groups is 2. The van der Waals surface area contributed by atoms with E-state index in [1.165, 1.54) is 18.4 Å². The van der Waals surface area contributed by atoms with Crippen molar-refractivity contribution in [2.24, 2.45) is 5.92 Å². The van der Waals surface area contributed by atoms with Crippen molar-refractivity contribution in [3.05, 3.63) is 60.1 Å². The average molecular weight is 472 g/mol. The molecular formula is C24H30FN5O4. The number of likely N-dealkylation sites (tertiary alicyclic amines) is 1. The fourth-order valence-corrected chi connectivity index (χ4v) is 4.21. The highest BCUT2D eigenvalue weighted by atomic mass is 19.1. The molecule has 3 aromatic rings. The van der Waals surface area contributed by atoms with E-state index in [4.69, 9.17) is 0 Å². The summed E-state index contributed by atoms with van der Waals surface area (Å²) in [4.78, 5) is 22.4. The maximum atomic E-state index is 14.2. The predicted octanol–water partition coefficient (Wildman–Crippen LogP) is 2.71. The van der Waals surface area contributed by atoms with Crippen LogP contribution in [0.1, 0.15) is 49.7 Å². The monoisotopic (exact) mass is 471 g/mol. The van der Waals surface area contributed by atoms with E-state index in [0.717, 1.165) is 6.42 Å². The third-order valence-electron chi connectivity index (χ3n) is 6.21. The van der Waals surface area contributed by atoms with E-state index in [0.29, 0.717) is 49.4 Å². The van der Waals surface area contributed by atoms with Crippen LogP contribution in [0.2, 0.25) is 0 Å². The van der Waals surface area contributed by atoms with Crippen LogP contribution in [0.15, 0.2) is 47.3 Å². The molecule has 0 spiro atoms. The van der Waals surface area contributed by atoms with E-state index in [1.54, 1.807) is 24.4 Å². The number of unbranched alkanes of at least 4 members (excludes halogenated alkanes) is 2. The van der Waals surface area contributed by atoms with Crippen LogP contribution in [0.5, 0.6) is 0 Å². The first kappa shape index (κ1) is 24.1. The SMILES string of the molecule is CN1CC(C(=O)N[C@@H](CCCCCC(O)(O)c2ccon2)c2ncc(-c3ccccc3F)[nH]2)C1. The predicted molar refractivity (Wildman–Crippen MR) is 122 cm³/mol. The van der Waals surface area contributed by atoms with Gasteiger partial charge in [0, 0.05) is 31.1 Å². The Morgan fingerprint density at radius 1 is 1.29 bits per heavy atom. The zero-order valence-electron chi connectivity index (χ0n) is 19.1. The number of imidazole rings is 1. The molecule has 4 rings (SSSR count). The van der Waals surface area contributed by atoms with Gasteiger partial charge in [-0.1, -0.05) is 30.1 Å². The first-order valence-corrected chi connectivity index (χ1v) is 11.5. The van der Waals surface area contributed by atoms with Crippen LogP contribution in [-0.2, 0) is 10.6 Å². The minimum Gasteiger partial charge on any atom is -0.364 e. The Kier molecular flexibility index (Phi) is 7.40. The molecule has 0 radical (unpaired) electrons. The molecule has 0 saturated carbocycles. The van der Waals surface area contributed by atoms with Gasteiger partial charge in [-0.2, -0.15) is 0 Å². The number of nitrogens with zero attached hydrogens (tertiary/aromatic N) is 3. The molecule has 9 nitrogen and oxygen atoms in total. The first-order valence-electron chi connectivity index (χ1n) is 11.5. The Morgan fingerprint density at radius 3 is 2.79 bits per heavy atom.